The lowest BCUT2D eigenvalue weighted by Crippen LogP contribution is -2.11. The molecule has 1 heterocycles. The molecule has 0 saturated carbocycles. The number of carbonyl (C=O) groups excluding carboxylic acids is 1. The Kier molecular flexibility index (Phi) is 4.96. The molecule has 0 spiro atoms. The van der Waals surface area contributed by atoms with Gasteiger partial charge >= 0.3 is 5.97 Å². The quantitative estimate of drug-likeness (QED) is 0.853. The second-order valence-electron chi connectivity index (χ2n) is 4.80. The molecular weight excluding hydrogens is 284 g/mol. The molecule has 0 aliphatic carbocycles. The number of nitrogens with one attached hydrogen (secondary N) is 1. The Morgan fingerprint density at radius 1 is 1.38 bits per heavy atom. The second kappa shape index (κ2) is 6.91. The predicted octanol–water partition coefficient (Wildman–Crippen LogP) is 3.80. The highest BCUT2D eigenvalue weighted by molar-refractivity contribution is 7.10. The van der Waals surface area contributed by atoms with Crippen molar-refractivity contribution in [1.29, 1.82) is 5.26 Å². The lowest BCUT2D eigenvalue weighted by atomic mass is 10.2. The summed E-state index contributed by atoms with van der Waals surface area (Å²) in [6.45, 7) is 4.30. The van der Waals surface area contributed by atoms with Crippen LogP contribution < -0.4 is 5.32 Å². The standard InChI is InChI=1S/C16H16N2O2S/c1-11(2)20-16(19)13-3-5-14(6-4-13)18-9-15-7-12(8-17)10-21-15/h3-7,10-11,18H,9H2,1-2H3. The monoisotopic (exact) mass is 300 g/mol. The van der Waals surface area contributed by atoms with Gasteiger partial charge in [-0.1, -0.05) is 0 Å². The van der Waals surface area contributed by atoms with Crippen molar-refractivity contribution < 1.29 is 9.53 Å². The van der Waals surface area contributed by atoms with Crippen molar-refractivity contribution >= 4 is 23.0 Å². The Morgan fingerprint density at radius 3 is 2.67 bits per heavy atom. The molecule has 2 aromatic rings. The fraction of sp³-hybridized carbons (Fsp3) is 0.250. The van der Waals surface area contributed by atoms with Crippen LogP contribution in [0.3, 0.4) is 0 Å². The van der Waals surface area contributed by atoms with Crippen molar-refractivity contribution in [3.05, 3.63) is 51.7 Å². The number of ether oxygens (including phenoxy) is 1. The third-order valence-electron chi connectivity index (χ3n) is 2.71. The number of esters is 1. The fourth-order valence-electron chi connectivity index (χ4n) is 1.73. The minimum absolute atomic E-state index is 0.122. The molecule has 0 radical (unpaired) electrons. The number of thiophene rings is 1. The molecule has 0 atom stereocenters. The van der Waals surface area contributed by atoms with Crippen molar-refractivity contribution in [1.82, 2.24) is 0 Å². The molecule has 4 nitrogen and oxygen atoms in total. The first-order valence-electron chi connectivity index (χ1n) is 6.61. The normalized spacial score (nSPS) is 10.2. The Labute approximate surface area is 128 Å². The van der Waals surface area contributed by atoms with Crippen LogP contribution in [-0.4, -0.2) is 12.1 Å². The SMILES string of the molecule is CC(C)OC(=O)c1ccc(NCc2cc(C#N)cs2)cc1. The van der Waals surface area contributed by atoms with Crippen molar-refractivity contribution in [2.75, 3.05) is 5.32 Å². The zero-order valence-corrected chi connectivity index (χ0v) is 12.7. The van der Waals surface area contributed by atoms with E-state index < -0.39 is 0 Å². The van der Waals surface area contributed by atoms with Crippen LogP contribution >= 0.6 is 11.3 Å². The van der Waals surface area contributed by atoms with Gasteiger partial charge in [-0.2, -0.15) is 5.26 Å². The number of hydrogen-bond donors (Lipinski definition) is 1. The van der Waals surface area contributed by atoms with Crippen LogP contribution in [0.25, 0.3) is 0 Å². The maximum Gasteiger partial charge on any atom is 0.338 e. The predicted molar refractivity (Wildman–Crippen MR) is 83.4 cm³/mol. The van der Waals surface area contributed by atoms with Gasteiger partial charge in [0, 0.05) is 22.5 Å². The molecule has 108 valence electrons. The van der Waals surface area contributed by atoms with Crippen LogP contribution in [0.15, 0.2) is 35.7 Å². The van der Waals surface area contributed by atoms with Gasteiger partial charge in [-0.25, -0.2) is 4.79 Å². The summed E-state index contributed by atoms with van der Waals surface area (Å²) in [5, 5.41) is 13.9. The molecule has 1 N–H and O–H groups in total. The van der Waals surface area contributed by atoms with Crippen molar-refractivity contribution in [3.63, 3.8) is 0 Å². The third-order valence-corrected chi connectivity index (χ3v) is 3.65. The van der Waals surface area contributed by atoms with Gasteiger partial charge < -0.3 is 10.1 Å². The van der Waals surface area contributed by atoms with Gasteiger partial charge in [-0.3, -0.25) is 0 Å². The van der Waals surface area contributed by atoms with E-state index in [1.54, 1.807) is 23.5 Å². The number of rotatable bonds is 5. The summed E-state index contributed by atoms with van der Waals surface area (Å²) in [4.78, 5) is 12.8. The Bertz CT molecular complexity index is 654. The van der Waals surface area contributed by atoms with Crippen LogP contribution in [0.2, 0.25) is 0 Å². The van der Waals surface area contributed by atoms with Gasteiger partial charge in [0.1, 0.15) is 6.07 Å². The van der Waals surface area contributed by atoms with Gasteiger partial charge in [-0.15, -0.1) is 11.3 Å². The molecule has 0 aliphatic heterocycles. The summed E-state index contributed by atoms with van der Waals surface area (Å²) in [6.07, 6.45) is -0.122. The summed E-state index contributed by atoms with van der Waals surface area (Å²) < 4.78 is 5.13. The van der Waals surface area contributed by atoms with Crippen LogP contribution in [0.5, 0.6) is 0 Å². The Morgan fingerprint density at radius 2 is 2.10 bits per heavy atom. The highest BCUT2D eigenvalue weighted by atomic mass is 32.1. The first-order valence-corrected chi connectivity index (χ1v) is 7.49. The van der Waals surface area contributed by atoms with E-state index in [1.807, 2.05) is 37.4 Å². The molecule has 0 unspecified atom stereocenters. The third kappa shape index (κ3) is 4.33. The largest absolute Gasteiger partial charge is 0.459 e. The van der Waals surface area contributed by atoms with E-state index in [9.17, 15) is 4.79 Å². The summed E-state index contributed by atoms with van der Waals surface area (Å²) in [6, 6.07) is 11.1. The summed E-state index contributed by atoms with van der Waals surface area (Å²) >= 11 is 1.55. The molecule has 0 amide bonds. The van der Waals surface area contributed by atoms with E-state index in [1.165, 1.54) is 0 Å². The highest BCUT2D eigenvalue weighted by Gasteiger charge is 2.08. The summed E-state index contributed by atoms with van der Waals surface area (Å²) in [5.41, 5.74) is 2.14. The molecule has 0 fully saturated rings. The van der Waals surface area contributed by atoms with Crippen molar-refractivity contribution in [2.24, 2.45) is 0 Å². The lowest BCUT2D eigenvalue weighted by molar-refractivity contribution is 0.0378. The number of nitriles is 1. The first-order chi connectivity index (χ1) is 10.1. The number of nitrogens with zero attached hydrogens (tertiary/aromatic N) is 1. The molecular formula is C16H16N2O2S. The van der Waals surface area contributed by atoms with Crippen LogP contribution in [0.1, 0.15) is 34.6 Å². The van der Waals surface area contributed by atoms with E-state index in [4.69, 9.17) is 10.00 Å². The van der Waals surface area contributed by atoms with Crippen molar-refractivity contribution in [3.8, 4) is 6.07 Å². The average Bonchev–Trinajstić information content (AvgIpc) is 2.93. The molecule has 2 rings (SSSR count). The zero-order valence-electron chi connectivity index (χ0n) is 11.9. The van der Waals surface area contributed by atoms with Crippen molar-refractivity contribution in [2.45, 2.75) is 26.5 Å². The number of benzene rings is 1. The van der Waals surface area contributed by atoms with Gasteiger partial charge in [0.25, 0.3) is 0 Å². The molecule has 0 saturated heterocycles. The van der Waals surface area contributed by atoms with Gasteiger partial charge in [0.2, 0.25) is 0 Å². The minimum atomic E-state index is -0.312. The number of carbonyl (C=O) groups is 1. The Hall–Kier alpha value is -2.32. The van der Waals surface area contributed by atoms with Crippen LogP contribution in [0.4, 0.5) is 5.69 Å². The van der Waals surface area contributed by atoms with Gasteiger partial charge in [0.05, 0.1) is 17.2 Å². The maximum atomic E-state index is 11.7. The zero-order chi connectivity index (χ0) is 15.2. The topological polar surface area (TPSA) is 62.1 Å². The number of hydrogen-bond acceptors (Lipinski definition) is 5. The fourth-order valence-corrected chi connectivity index (χ4v) is 2.48. The molecule has 1 aromatic heterocycles. The number of anilines is 1. The van der Waals surface area contributed by atoms with E-state index in [2.05, 4.69) is 11.4 Å². The molecule has 21 heavy (non-hydrogen) atoms. The lowest BCUT2D eigenvalue weighted by Gasteiger charge is -2.09. The molecule has 1 aromatic carbocycles. The van der Waals surface area contributed by atoms with E-state index >= 15 is 0 Å². The van der Waals surface area contributed by atoms with E-state index in [0.717, 1.165) is 10.6 Å². The second-order valence-corrected chi connectivity index (χ2v) is 5.79. The van der Waals surface area contributed by atoms with Crippen LogP contribution in [0, 0.1) is 11.3 Å². The van der Waals surface area contributed by atoms with Crippen LogP contribution in [-0.2, 0) is 11.3 Å². The summed E-state index contributed by atoms with van der Waals surface area (Å²) in [7, 11) is 0. The van der Waals surface area contributed by atoms with Gasteiger partial charge in [-0.05, 0) is 44.2 Å². The van der Waals surface area contributed by atoms with E-state index in [-0.39, 0.29) is 12.1 Å². The molecule has 5 heteroatoms. The smallest absolute Gasteiger partial charge is 0.338 e. The average molecular weight is 300 g/mol. The van der Waals surface area contributed by atoms with E-state index in [0.29, 0.717) is 17.7 Å². The molecule has 0 aliphatic rings. The maximum absolute atomic E-state index is 11.7. The highest BCUT2D eigenvalue weighted by Crippen LogP contribution is 2.17. The first kappa shape index (κ1) is 15.1. The minimum Gasteiger partial charge on any atom is -0.459 e. The Balaban J connectivity index is 1.93. The van der Waals surface area contributed by atoms with Gasteiger partial charge in [0.15, 0.2) is 0 Å². The summed E-state index contributed by atoms with van der Waals surface area (Å²) in [5.74, 6) is -0.312. The molecule has 0 bridgehead atoms.